The van der Waals surface area contributed by atoms with Gasteiger partial charge in [-0.05, 0) is 55.9 Å². The van der Waals surface area contributed by atoms with Gasteiger partial charge in [0.2, 0.25) is 0 Å². The van der Waals surface area contributed by atoms with E-state index in [2.05, 4.69) is 22.8 Å². The van der Waals surface area contributed by atoms with Crippen molar-refractivity contribution in [3.8, 4) is 0 Å². The number of hydrogen-bond acceptors (Lipinski definition) is 3. The molecule has 3 rings (SSSR count). The Labute approximate surface area is 126 Å². The topological polar surface area (TPSA) is 21.3 Å². The van der Waals surface area contributed by atoms with Gasteiger partial charge >= 0.3 is 0 Å². The second-order valence-electron chi connectivity index (χ2n) is 6.41. The van der Waals surface area contributed by atoms with Crippen molar-refractivity contribution in [3.63, 3.8) is 0 Å². The summed E-state index contributed by atoms with van der Waals surface area (Å²) in [5, 5.41) is 6.22. The van der Waals surface area contributed by atoms with E-state index in [1.54, 1.807) is 4.88 Å². The van der Waals surface area contributed by atoms with E-state index in [0.717, 1.165) is 5.92 Å². The van der Waals surface area contributed by atoms with Gasteiger partial charge in [0.15, 0.2) is 0 Å². The SMILES string of the molecule is COC1CCC(NC(c2cccs2)C2CCCC2)CC1. The molecule has 1 aromatic rings. The van der Waals surface area contributed by atoms with Crippen molar-refractivity contribution in [1.29, 1.82) is 0 Å². The van der Waals surface area contributed by atoms with Gasteiger partial charge in [0, 0.05) is 24.1 Å². The number of methoxy groups -OCH3 is 1. The molecule has 2 aliphatic rings. The highest BCUT2D eigenvalue weighted by Crippen LogP contribution is 2.38. The second kappa shape index (κ2) is 7.06. The molecule has 1 aromatic heterocycles. The van der Waals surface area contributed by atoms with Gasteiger partial charge in [0.1, 0.15) is 0 Å². The minimum absolute atomic E-state index is 0.500. The van der Waals surface area contributed by atoms with Gasteiger partial charge in [0.05, 0.1) is 6.10 Å². The van der Waals surface area contributed by atoms with E-state index in [9.17, 15) is 0 Å². The van der Waals surface area contributed by atoms with Gasteiger partial charge in [-0.1, -0.05) is 18.9 Å². The van der Waals surface area contributed by atoms with E-state index >= 15 is 0 Å². The Morgan fingerprint density at radius 1 is 1.15 bits per heavy atom. The number of thiophene rings is 1. The molecule has 1 heterocycles. The predicted molar refractivity (Wildman–Crippen MR) is 85.2 cm³/mol. The number of ether oxygens (including phenoxy) is 1. The minimum Gasteiger partial charge on any atom is -0.381 e. The first-order chi connectivity index (χ1) is 9.86. The molecule has 3 heteroatoms. The molecule has 0 saturated heterocycles. The molecule has 20 heavy (non-hydrogen) atoms. The van der Waals surface area contributed by atoms with Gasteiger partial charge in [-0.25, -0.2) is 0 Å². The van der Waals surface area contributed by atoms with E-state index < -0.39 is 0 Å². The Bertz CT molecular complexity index is 378. The number of nitrogens with one attached hydrogen (secondary N) is 1. The lowest BCUT2D eigenvalue weighted by molar-refractivity contribution is 0.0600. The quantitative estimate of drug-likeness (QED) is 0.861. The van der Waals surface area contributed by atoms with Crippen LogP contribution in [0.15, 0.2) is 17.5 Å². The van der Waals surface area contributed by atoms with E-state index in [4.69, 9.17) is 4.74 Å². The fraction of sp³-hybridized carbons (Fsp3) is 0.765. The summed E-state index contributed by atoms with van der Waals surface area (Å²) in [6, 6.07) is 5.81. The van der Waals surface area contributed by atoms with E-state index in [-0.39, 0.29) is 0 Å². The van der Waals surface area contributed by atoms with Crippen molar-refractivity contribution in [3.05, 3.63) is 22.4 Å². The minimum atomic E-state index is 0.500. The van der Waals surface area contributed by atoms with E-state index in [1.165, 1.54) is 51.4 Å². The molecule has 1 atom stereocenters. The standard InChI is InChI=1S/C17H27NOS/c1-19-15-10-8-14(9-11-15)18-17(13-5-2-3-6-13)16-7-4-12-20-16/h4,7,12-15,17-18H,2-3,5-6,8-11H2,1H3. The molecule has 0 bridgehead atoms. The fourth-order valence-corrected chi connectivity index (χ4v) is 4.81. The number of rotatable bonds is 5. The Balaban J connectivity index is 1.62. The number of hydrogen-bond donors (Lipinski definition) is 1. The summed E-state index contributed by atoms with van der Waals surface area (Å²) in [5.41, 5.74) is 0. The Morgan fingerprint density at radius 3 is 2.50 bits per heavy atom. The highest BCUT2D eigenvalue weighted by molar-refractivity contribution is 7.10. The fourth-order valence-electron chi connectivity index (χ4n) is 3.93. The Kier molecular flexibility index (Phi) is 5.14. The molecule has 0 amide bonds. The molecule has 0 spiro atoms. The lowest BCUT2D eigenvalue weighted by atomic mass is 9.90. The average molecular weight is 293 g/mol. The van der Waals surface area contributed by atoms with Crippen LogP contribution in [0.3, 0.4) is 0 Å². The normalized spacial score (nSPS) is 29.6. The van der Waals surface area contributed by atoms with Crippen LogP contribution in [0.2, 0.25) is 0 Å². The van der Waals surface area contributed by atoms with Crippen LogP contribution in [-0.2, 0) is 4.74 Å². The molecule has 0 radical (unpaired) electrons. The van der Waals surface area contributed by atoms with Crippen LogP contribution < -0.4 is 5.32 Å². The highest BCUT2D eigenvalue weighted by atomic mass is 32.1. The van der Waals surface area contributed by atoms with Crippen LogP contribution in [0.4, 0.5) is 0 Å². The lowest BCUT2D eigenvalue weighted by Crippen LogP contribution is -2.39. The van der Waals surface area contributed by atoms with Crippen molar-refractivity contribution in [2.24, 2.45) is 5.92 Å². The van der Waals surface area contributed by atoms with Crippen molar-refractivity contribution >= 4 is 11.3 Å². The van der Waals surface area contributed by atoms with E-state index in [1.807, 2.05) is 18.4 Å². The highest BCUT2D eigenvalue weighted by Gasteiger charge is 2.30. The maximum Gasteiger partial charge on any atom is 0.0572 e. The summed E-state index contributed by atoms with van der Waals surface area (Å²) in [6.07, 6.45) is 11.1. The zero-order chi connectivity index (χ0) is 13.8. The monoisotopic (exact) mass is 293 g/mol. The first-order valence-corrected chi connectivity index (χ1v) is 9.07. The summed E-state index contributed by atoms with van der Waals surface area (Å²) in [7, 11) is 1.85. The Morgan fingerprint density at radius 2 is 1.90 bits per heavy atom. The maximum absolute atomic E-state index is 5.49. The summed E-state index contributed by atoms with van der Waals surface area (Å²) < 4.78 is 5.49. The summed E-state index contributed by atoms with van der Waals surface area (Å²) >= 11 is 1.92. The van der Waals surface area contributed by atoms with Crippen LogP contribution in [0.1, 0.15) is 62.3 Å². The molecular formula is C17H27NOS. The zero-order valence-electron chi connectivity index (χ0n) is 12.5. The summed E-state index contributed by atoms with van der Waals surface area (Å²) in [6.45, 7) is 0. The van der Waals surface area contributed by atoms with Gasteiger partial charge in [-0.2, -0.15) is 0 Å². The van der Waals surface area contributed by atoms with Crippen molar-refractivity contribution < 1.29 is 4.74 Å². The van der Waals surface area contributed by atoms with Crippen LogP contribution in [-0.4, -0.2) is 19.3 Å². The molecule has 1 N–H and O–H groups in total. The second-order valence-corrected chi connectivity index (χ2v) is 7.39. The zero-order valence-corrected chi connectivity index (χ0v) is 13.3. The summed E-state index contributed by atoms with van der Waals surface area (Å²) in [4.78, 5) is 1.55. The molecule has 112 valence electrons. The molecule has 1 unspecified atom stereocenters. The summed E-state index contributed by atoms with van der Waals surface area (Å²) in [5.74, 6) is 0.855. The van der Waals surface area contributed by atoms with Gasteiger partial charge in [0.25, 0.3) is 0 Å². The lowest BCUT2D eigenvalue weighted by Gasteiger charge is -2.33. The van der Waals surface area contributed by atoms with E-state index in [0.29, 0.717) is 18.2 Å². The molecule has 2 nitrogen and oxygen atoms in total. The molecule has 0 aromatic carbocycles. The largest absolute Gasteiger partial charge is 0.381 e. The van der Waals surface area contributed by atoms with Gasteiger partial charge < -0.3 is 10.1 Å². The van der Waals surface area contributed by atoms with Gasteiger partial charge in [-0.15, -0.1) is 11.3 Å². The molecule has 0 aliphatic heterocycles. The molecule has 2 fully saturated rings. The van der Waals surface area contributed by atoms with Crippen LogP contribution in [0.5, 0.6) is 0 Å². The molecule has 2 saturated carbocycles. The smallest absolute Gasteiger partial charge is 0.0572 e. The van der Waals surface area contributed by atoms with Crippen LogP contribution in [0.25, 0.3) is 0 Å². The third-order valence-corrected chi connectivity index (χ3v) is 6.10. The maximum atomic E-state index is 5.49. The van der Waals surface area contributed by atoms with Crippen LogP contribution >= 0.6 is 11.3 Å². The van der Waals surface area contributed by atoms with Crippen molar-refractivity contribution in [1.82, 2.24) is 5.32 Å². The third-order valence-electron chi connectivity index (χ3n) is 5.14. The Hall–Kier alpha value is -0.380. The average Bonchev–Trinajstić information content (AvgIpc) is 3.19. The van der Waals surface area contributed by atoms with Crippen molar-refractivity contribution in [2.45, 2.75) is 69.6 Å². The predicted octanol–water partition coefficient (Wildman–Crippen LogP) is 4.53. The van der Waals surface area contributed by atoms with Crippen molar-refractivity contribution in [2.75, 3.05) is 7.11 Å². The van der Waals surface area contributed by atoms with Gasteiger partial charge in [-0.3, -0.25) is 0 Å². The first kappa shape index (κ1) is 14.6. The molecular weight excluding hydrogens is 266 g/mol. The van der Waals surface area contributed by atoms with Crippen LogP contribution in [0, 0.1) is 5.92 Å². The first-order valence-electron chi connectivity index (χ1n) is 8.19. The molecule has 2 aliphatic carbocycles. The third kappa shape index (κ3) is 3.44.